The highest BCUT2D eigenvalue weighted by Crippen LogP contribution is 2.19. The molecule has 3 rings (SSSR count). The Morgan fingerprint density at radius 1 is 1.19 bits per heavy atom. The second kappa shape index (κ2) is 7.11. The number of nitrogens with zero attached hydrogens (tertiary/aromatic N) is 4. The monoisotopic (exact) mass is 353 g/mol. The minimum absolute atomic E-state index is 0.103. The summed E-state index contributed by atoms with van der Waals surface area (Å²) in [4.78, 5) is 25.0. The molecule has 1 amide bonds. The number of aromatic nitrogens is 4. The van der Waals surface area contributed by atoms with Gasteiger partial charge in [-0.05, 0) is 50.5 Å². The Hall–Kier alpha value is -2.96. The average molecular weight is 353 g/mol. The number of nitrogens with one attached hydrogen (secondary N) is 1. The Morgan fingerprint density at radius 2 is 1.96 bits per heavy atom. The number of hydrogen-bond acceptors (Lipinski definition) is 4. The second-order valence-corrected chi connectivity index (χ2v) is 6.49. The Kier molecular flexibility index (Phi) is 4.88. The predicted octanol–water partition coefficient (Wildman–Crippen LogP) is 2.03. The summed E-state index contributed by atoms with van der Waals surface area (Å²) in [6.45, 7) is 8.32. The minimum atomic E-state index is -0.326. The fourth-order valence-corrected chi connectivity index (χ4v) is 2.84. The topological polar surface area (TPSA) is 81.8 Å². The molecular weight excluding hydrogens is 330 g/mol. The Bertz CT molecular complexity index is 1030. The van der Waals surface area contributed by atoms with E-state index in [0.717, 1.165) is 17.7 Å². The van der Waals surface area contributed by atoms with Gasteiger partial charge in [0.25, 0.3) is 5.56 Å². The van der Waals surface area contributed by atoms with E-state index in [1.54, 1.807) is 10.9 Å². The molecule has 0 aliphatic rings. The summed E-state index contributed by atoms with van der Waals surface area (Å²) >= 11 is 0. The molecule has 26 heavy (non-hydrogen) atoms. The molecule has 136 valence electrons. The summed E-state index contributed by atoms with van der Waals surface area (Å²) in [5.74, 6) is -0.225. The van der Waals surface area contributed by atoms with Crippen LogP contribution in [0.3, 0.4) is 0 Å². The largest absolute Gasteiger partial charge is 0.355 e. The van der Waals surface area contributed by atoms with Gasteiger partial charge in [-0.2, -0.15) is 10.2 Å². The lowest BCUT2D eigenvalue weighted by Gasteiger charge is -2.10. The summed E-state index contributed by atoms with van der Waals surface area (Å²) in [7, 11) is 0. The van der Waals surface area contributed by atoms with Crippen molar-refractivity contribution < 1.29 is 4.79 Å². The fraction of sp³-hybridized carbons (Fsp3) is 0.368. The van der Waals surface area contributed by atoms with Gasteiger partial charge in [0.1, 0.15) is 12.1 Å². The molecule has 0 spiro atoms. The lowest BCUT2D eigenvalue weighted by Crippen LogP contribution is -2.34. The van der Waals surface area contributed by atoms with E-state index >= 15 is 0 Å². The summed E-state index contributed by atoms with van der Waals surface area (Å²) < 4.78 is 2.83. The lowest BCUT2D eigenvalue weighted by atomic mass is 10.1. The van der Waals surface area contributed by atoms with Crippen LogP contribution in [0.1, 0.15) is 30.2 Å². The van der Waals surface area contributed by atoms with Gasteiger partial charge in [-0.3, -0.25) is 9.59 Å². The summed E-state index contributed by atoms with van der Waals surface area (Å²) in [6.07, 6.45) is 2.49. The van der Waals surface area contributed by atoms with Crippen LogP contribution in [0.4, 0.5) is 0 Å². The first kappa shape index (κ1) is 17.8. The van der Waals surface area contributed by atoms with Crippen molar-refractivity contribution in [2.24, 2.45) is 0 Å². The first-order chi connectivity index (χ1) is 12.4. The maximum atomic E-state index is 13.0. The Balaban J connectivity index is 2.11. The number of amides is 1. The third-order valence-corrected chi connectivity index (χ3v) is 4.47. The van der Waals surface area contributed by atoms with Gasteiger partial charge in [0.2, 0.25) is 5.91 Å². The molecule has 0 fully saturated rings. The zero-order valence-electron chi connectivity index (χ0n) is 15.5. The molecule has 0 radical (unpaired) electrons. The van der Waals surface area contributed by atoms with Crippen molar-refractivity contribution in [1.82, 2.24) is 24.9 Å². The van der Waals surface area contributed by atoms with Gasteiger partial charge in [-0.25, -0.2) is 9.36 Å². The van der Waals surface area contributed by atoms with Crippen LogP contribution in [0.2, 0.25) is 0 Å². The van der Waals surface area contributed by atoms with Crippen LogP contribution in [0, 0.1) is 20.8 Å². The van der Waals surface area contributed by atoms with E-state index in [-0.39, 0.29) is 18.0 Å². The van der Waals surface area contributed by atoms with Crippen molar-refractivity contribution in [3.63, 3.8) is 0 Å². The van der Waals surface area contributed by atoms with Crippen LogP contribution in [0.25, 0.3) is 16.6 Å². The standard InChI is InChI=1S/C19H23N5O2/c1-5-8-20-17(25)11-23-19(26)18-16(14(4)22-23)10-21-24(18)15-7-6-12(2)13(3)9-15/h6-7,9-10H,5,8,11H2,1-4H3,(H,20,25). The zero-order valence-corrected chi connectivity index (χ0v) is 15.5. The Labute approximate surface area is 151 Å². The van der Waals surface area contributed by atoms with Gasteiger partial charge in [0.05, 0.1) is 17.6 Å². The molecule has 0 saturated carbocycles. The highest BCUT2D eigenvalue weighted by Gasteiger charge is 2.16. The molecule has 0 bridgehead atoms. The third-order valence-electron chi connectivity index (χ3n) is 4.47. The molecule has 1 N–H and O–H groups in total. The van der Waals surface area contributed by atoms with E-state index in [4.69, 9.17) is 0 Å². The van der Waals surface area contributed by atoms with Crippen molar-refractivity contribution in [2.45, 2.75) is 40.7 Å². The van der Waals surface area contributed by atoms with Gasteiger partial charge < -0.3 is 5.32 Å². The van der Waals surface area contributed by atoms with Gasteiger partial charge in [0, 0.05) is 11.9 Å². The fourth-order valence-electron chi connectivity index (χ4n) is 2.84. The predicted molar refractivity (Wildman–Crippen MR) is 101 cm³/mol. The number of fused-ring (bicyclic) bond motifs is 1. The number of hydrogen-bond donors (Lipinski definition) is 1. The second-order valence-electron chi connectivity index (χ2n) is 6.49. The normalized spacial score (nSPS) is 11.1. The van der Waals surface area contributed by atoms with E-state index in [1.807, 2.05) is 45.9 Å². The van der Waals surface area contributed by atoms with Crippen LogP contribution in [0.15, 0.2) is 29.2 Å². The quantitative estimate of drug-likeness (QED) is 0.761. The number of benzene rings is 1. The molecule has 2 aromatic heterocycles. The summed E-state index contributed by atoms with van der Waals surface area (Å²) in [6, 6.07) is 5.93. The molecule has 0 unspecified atom stereocenters. The molecule has 7 heteroatoms. The number of carbonyl (C=O) groups is 1. The SMILES string of the molecule is CCCNC(=O)Cn1nc(C)c2cnn(-c3ccc(C)c(C)c3)c2c1=O. The number of rotatable bonds is 5. The van der Waals surface area contributed by atoms with Gasteiger partial charge in [0.15, 0.2) is 0 Å². The number of aryl methyl sites for hydroxylation is 3. The third kappa shape index (κ3) is 3.24. The average Bonchev–Trinajstić information content (AvgIpc) is 3.06. The van der Waals surface area contributed by atoms with Crippen molar-refractivity contribution in [1.29, 1.82) is 0 Å². The highest BCUT2D eigenvalue weighted by atomic mass is 16.2. The zero-order chi connectivity index (χ0) is 18.8. The van der Waals surface area contributed by atoms with Crippen LogP contribution in [0.5, 0.6) is 0 Å². The Morgan fingerprint density at radius 3 is 2.65 bits per heavy atom. The molecule has 0 atom stereocenters. The smallest absolute Gasteiger partial charge is 0.293 e. The molecule has 1 aromatic carbocycles. The number of carbonyl (C=O) groups excluding carboxylic acids is 1. The van der Waals surface area contributed by atoms with Crippen molar-refractivity contribution in [3.8, 4) is 5.69 Å². The van der Waals surface area contributed by atoms with E-state index in [9.17, 15) is 9.59 Å². The van der Waals surface area contributed by atoms with Crippen molar-refractivity contribution >= 4 is 16.8 Å². The van der Waals surface area contributed by atoms with Crippen LogP contribution in [-0.2, 0) is 11.3 Å². The molecule has 3 aromatic rings. The molecular formula is C19H23N5O2. The molecule has 0 aliphatic carbocycles. The summed E-state index contributed by atoms with van der Waals surface area (Å²) in [5, 5.41) is 12.1. The molecule has 2 heterocycles. The first-order valence-electron chi connectivity index (χ1n) is 8.72. The van der Waals surface area contributed by atoms with Gasteiger partial charge >= 0.3 is 0 Å². The van der Waals surface area contributed by atoms with Crippen LogP contribution < -0.4 is 10.9 Å². The first-order valence-corrected chi connectivity index (χ1v) is 8.72. The maximum absolute atomic E-state index is 13.0. The van der Waals surface area contributed by atoms with E-state index in [2.05, 4.69) is 15.5 Å². The van der Waals surface area contributed by atoms with E-state index in [0.29, 0.717) is 23.1 Å². The molecule has 0 aliphatic heterocycles. The van der Waals surface area contributed by atoms with Gasteiger partial charge in [-0.1, -0.05) is 13.0 Å². The van der Waals surface area contributed by atoms with E-state index < -0.39 is 0 Å². The van der Waals surface area contributed by atoms with Crippen LogP contribution in [-0.4, -0.2) is 32.0 Å². The minimum Gasteiger partial charge on any atom is -0.355 e. The van der Waals surface area contributed by atoms with E-state index in [1.165, 1.54) is 10.2 Å². The highest BCUT2D eigenvalue weighted by molar-refractivity contribution is 5.82. The van der Waals surface area contributed by atoms with Gasteiger partial charge in [-0.15, -0.1) is 0 Å². The van der Waals surface area contributed by atoms with Crippen molar-refractivity contribution in [2.75, 3.05) is 6.54 Å². The van der Waals surface area contributed by atoms with Crippen molar-refractivity contribution in [3.05, 3.63) is 51.6 Å². The maximum Gasteiger partial charge on any atom is 0.293 e. The lowest BCUT2D eigenvalue weighted by molar-refractivity contribution is -0.121. The molecule has 7 nitrogen and oxygen atoms in total. The van der Waals surface area contributed by atoms with Crippen LogP contribution >= 0.6 is 0 Å². The summed E-state index contributed by atoms with van der Waals surface area (Å²) in [5.41, 5.74) is 3.88. The molecule has 0 saturated heterocycles.